The number of likely N-dealkylation sites (N-methyl/N-ethyl adjacent to an activating group) is 1. The molecule has 0 aliphatic carbocycles. The summed E-state index contributed by atoms with van der Waals surface area (Å²) in [5.74, 6) is -2.96. The molecule has 0 radical (unpaired) electrons. The van der Waals surface area contributed by atoms with Gasteiger partial charge in [-0.2, -0.15) is 0 Å². The minimum atomic E-state index is -1.84. The number of nitrogen functional groups attached to an aromatic ring is 1. The second-order valence-electron chi connectivity index (χ2n) is 9.73. The summed E-state index contributed by atoms with van der Waals surface area (Å²) in [6.07, 6.45) is -12.1. The first-order chi connectivity index (χ1) is 19.5. The number of rotatable bonds is 12. The molecule has 0 saturated carbocycles. The third-order valence-corrected chi connectivity index (χ3v) is 6.93. The average molecular weight is 591 g/mol. The SMILES string of the molecule is CNC1[C@H](O)OC(CO)[C@H](O)[C@H]1CO[C@@H]1OC(C(=O)OCCCCOC(=O)c2cc(N)ccc2O)[C@@H](O)[C@@H](O)C1O. The van der Waals surface area contributed by atoms with Gasteiger partial charge in [0.2, 0.25) is 0 Å². The minimum Gasteiger partial charge on any atom is -0.507 e. The summed E-state index contributed by atoms with van der Waals surface area (Å²) >= 11 is 0. The number of nitrogens with two attached hydrogens (primary N) is 1. The van der Waals surface area contributed by atoms with Gasteiger partial charge in [-0.3, -0.25) is 0 Å². The Bertz CT molecular complexity index is 1010. The fourth-order valence-electron chi connectivity index (χ4n) is 4.56. The van der Waals surface area contributed by atoms with Gasteiger partial charge in [0, 0.05) is 11.6 Å². The number of nitrogens with one attached hydrogen (secondary N) is 1. The molecule has 0 spiro atoms. The molecule has 0 aromatic heterocycles. The highest BCUT2D eigenvalue weighted by Crippen LogP contribution is 2.28. The lowest BCUT2D eigenvalue weighted by Crippen LogP contribution is -2.63. The zero-order valence-corrected chi connectivity index (χ0v) is 22.3. The maximum atomic E-state index is 12.6. The van der Waals surface area contributed by atoms with E-state index in [-0.39, 0.29) is 49.7 Å². The predicted octanol–water partition coefficient (Wildman–Crippen LogP) is -3.45. The van der Waals surface area contributed by atoms with Crippen LogP contribution in [0.1, 0.15) is 23.2 Å². The van der Waals surface area contributed by atoms with Gasteiger partial charge >= 0.3 is 11.9 Å². The van der Waals surface area contributed by atoms with Crippen molar-refractivity contribution in [3.63, 3.8) is 0 Å². The molecule has 16 nitrogen and oxygen atoms in total. The van der Waals surface area contributed by atoms with Gasteiger partial charge in [0.05, 0.1) is 38.6 Å². The van der Waals surface area contributed by atoms with E-state index in [2.05, 4.69) is 5.32 Å². The van der Waals surface area contributed by atoms with Gasteiger partial charge in [0.15, 0.2) is 18.7 Å². The Morgan fingerprint density at radius 3 is 2.32 bits per heavy atom. The average Bonchev–Trinajstić information content (AvgIpc) is 2.95. The van der Waals surface area contributed by atoms with Gasteiger partial charge in [-0.15, -0.1) is 0 Å². The van der Waals surface area contributed by atoms with Crippen LogP contribution in [0.25, 0.3) is 0 Å². The number of aliphatic hydroxyl groups excluding tert-OH is 6. The number of hydrogen-bond acceptors (Lipinski definition) is 16. The third-order valence-electron chi connectivity index (χ3n) is 6.93. The van der Waals surface area contributed by atoms with Crippen LogP contribution in [0.2, 0.25) is 0 Å². The first-order valence-corrected chi connectivity index (χ1v) is 13.0. The first-order valence-electron chi connectivity index (χ1n) is 13.0. The first kappa shape index (κ1) is 32.9. The Morgan fingerprint density at radius 2 is 1.66 bits per heavy atom. The number of hydrogen-bond donors (Lipinski definition) is 9. The fourth-order valence-corrected chi connectivity index (χ4v) is 4.56. The number of phenols is 1. The van der Waals surface area contributed by atoms with Crippen LogP contribution in [0.4, 0.5) is 5.69 Å². The maximum Gasteiger partial charge on any atom is 0.341 e. The second kappa shape index (κ2) is 15.0. The van der Waals surface area contributed by atoms with Crippen molar-refractivity contribution < 1.29 is 69.0 Å². The van der Waals surface area contributed by atoms with Crippen LogP contribution in [0.5, 0.6) is 5.75 Å². The zero-order valence-electron chi connectivity index (χ0n) is 22.3. The molecule has 16 heteroatoms. The molecule has 2 fully saturated rings. The second-order valence-corrected chi connectivity index (χ2v) is 9.73. The lowest BCUT2D eigenvalue weighted by Gasteiger charge is -2.44. The van der Waals surface area contributed by atoms with Crippen molar-refractivity contribution in [3.05, 3.63) is 23.8 Å². The van der Waals surface area contributed by atoms with Crippen molar-refractivity contribution in [2.24, 2.45) is 5.92 Å². The summed E-state index contributed by atoms with van der Waals surface area (Å²) < 4.78 is 26.3. The van der Waals surface area contributed by atoms with E-state index >= 15 is 0 Å². The fraction of sp³-hybridized carbons (Fsp3) is 0.680. The number of carbonyl (C=O) groups excluding carboxylic acids is 2. The number of esters is 2. The highest BCUT2D eigenvalue weighted by molar-refractivity contribution is 5.93. The molecule has 0 bridgehead atoms. The van der Waals surface area contributed by atoms with Crippen LogP contribution in [-0.4, -0.2) is 136 Å². The van der Waals surface area contributed by atoms with Gasteiger partial charge in [-0.1, -0.05) is 0 Å². The van der Waals surface area contributed by atoms with Gasteiger partial charge in [0.1, 0.15) is 35.7 Å². The normalized spacial score (nSPS) is 33.7. The van der Waals surface area contributed by atoms with Crippen LogP contribution in [-0.2, 0) is 28.5 Å². The largest absolute Gasteiger partial charge is 0.507 e. The molecule has 41 heavy (non-hydrogen) atoms. The van der Waals surface area contributed by atoms with E-state index < -0.39 is 79.7 Å². The summed E-state index contributed by atoms with van der Waals surface area (Å²) in [6, 6.07) is 3.14. The summed E-state index contributed by atoms with van der Waals surface area (Å²) in [4.78, 5) is 24.6. The number of anilines is 1. The molecule has 1 aromatic carbocycles. The van der Waals surface area contributed by atoms with Gasteiger partial charge < -0.3 is 70.5 Å². The van der Waals surface area contributed by atoms with Crippen molar-refractivity contribution in [2.45, 2.75) is 68.1 Å². The number of ether oxygens (including phenoxy) is 5. The molecule has 10 N–H and O–H groups in total. The molecule has 4 unspecified atom stereocenters. The number of aliphatic hydroxyl groups is 6. The Hall–Kier alpha value is -2.64. The molecular weight excluding hydrogens is 552 g/mol. The standard InChI is InChI=1S/C25H38N2O14/c1-27-16-13(17(30)15(9-28)40-23(16)35)10-39-25-20(33)18(31)19(32)21(41-25)24(36)38-7-3-2-6-37-22(34)12-8-11(26)4-5-14(12)29/h4-5,8,13,15-21,23,25,27-33,35H,2-3,6-7,9-10,26H2,1H3/t13-,15?,16?,17+,18+,19-,20?,21?,23+,25+/m0/s1. The molecule has 2 saturated heterocycles. The van der Waals surface area contributed by atoms with E-state index in [1.54, 1.807) is 0 Å². The van der Waals surface area contributed by atoms with Crippen LogP contribution >= 0.6 is 0 Å². The summed E-state index contributed by atoms with van der Waals surface area (Å²) in [7, 11) is 1.50. The molecule has 2 aliphatic rings. The quantitative estimate of drug-likeness (QED) is 0.0496. The summed E-state index contributed by atoms with van der Waals surface area (Å²) in [5.41, 5.74) is 5.79. The molecule has 2 heterocycles. The van der Waals surface area contributed by atoms with E-state index in [0.717, 1.165) is 0 Å². The number of unbranched alkanes of at least 4 members (excludes halogenated alkanes) is 1. The molecule has 232 valence electrons. The molecule has 0 amide bonds. The van der Waals surface area contributed by atoms with Crippen LogP contribution < -0.4 is 11.1 Å². The van der Waals surface area contributed by atoms with Crippen molar-refractivity contribution >= 4 is 17.6 Å². The molecule has 2 aliphatic heterocycles. The lowest BCUT2D eigenvalue weighted by molar-refractivity contribution is -0.306. The number of carbonyl (C=O) groups is 2. The van der Waals surface area contributed by atoms with E-state index in [4.69, 9.17) is 29.4 Å². The Balaban J connectivity index is 1.47. The van der Waals surface area contributed by atoms with E-state index in [9.17, 15) is 45.3 Å². The minimum absolute atomic E-state index is 0.0501. The third kappa shape index (κ3) is 8.01. The Kier molecular flexibility index (Phi) is 12.0. The van der Waals surface area contributed by atoms with Crippen molar-refractivity contribution in [3.8, 4) is 5.75 Å². The highest BCUT2D eigenvalue weighted by atomic mass is 16.7. The van der Waals surface area contributed by atoms with E-state index in [1.807, 2.05) is 0 Å². The van der Waals surface area contributed by atoms with Gasteiger partial charge in [-0.05, 0) is 38.1 Å². The van der Waals surface area contributed by atoms with Crippen LogP contribution in [0.15, 0.2) is 18.2 Å². The topological polar surface area (TPSA) is 260 Å². The maximum absolute atomic E-state index is 12.6. The van der Waals surface area contributed by atoms with E-state index in [1.165, 1.54) is 25.2 Å². The lowest BCUT2D eigenvalue weighted by atomic mass is 9.88. The summed E-state index contributed by atoms with van der Waals surface area (Å²) in [6.45, 7) is -1.15. The molecule has 3 rings (SSSR count). The molecule has 10 atom stereocenters. The Labute approximate surface area is 235 Å². The number of benzene rings is 1. The predicted molar refractivity (Wildman–Crippen MR) is 136 cm³/mol. The van der Waals surface area contributed by atoms with Crippen molar-refractivity contribution in [1.82, 2.24) is 5.32 Å². The Morgan fingerprint density at radius 1 is 0.976 bits per heavy atom. The molecular formula is C25H38N2O14. The van der Waals surface area contributed by atoms with Gasteiger partial charge in [-0.25, -0.2) is 9.59 Å². The van der Waals surface area contributed by atoms with Crippen molar-refractivity contribution in [2.75, 3.05) is 39.2 Å². The van der Waals surface area contributed by atoms with E-state index in [0.29, 0.717) is 0 Å². The summed E-state index contributed by atoms with van der Waals surface area (Å²) in [5, 5.41) is 73.5. The van der Waals surface area contributed by atoms with Crippen LogP contribution in [0, 0.1) is 5.92 Å². The smallest absolute Gasteiger partial charge is 0.341 e. The zero-order chi connectivity index (χ0) is 30.3. The number of aromatic hydroxyl groups is 1. The number of phenolic OH excluding ortho intramolecular Hbond substituents is 1. The van der Waals surface area contributed by atoms with Crippen LogP contribution in [0.3, 0.4) is 0 Å². The molecule has 1 aromatic rings. The van der Waals surface area contributed by atoms with Gasteiger partial charge in [0.25, 0.3) is 0 Å². The monoisotopic (exact) mass is 590 g/mol. The highest BCUT2D eigenvalue weighted by Gasteiger charge is 2.49. The van der Waals surface area contributed by atoms with Crippen molar-refractivity contribution in [1.29, 1.82) is 0 Å².